The van der Waals surface area contributed by atoms with Crippen molar-refractivity contribution in [1.82, 2.24) is 5.32 Å². The number of nitrogens with one attached hydrogen (secondary N) is 1. The highest BCUT2D eigenvalue weighted by atomic mass is 19.1. The van der Waals surface area contributed by atoms with Crippen LogP contribution in [0.5, 0.6) is 0 Å². The lowest BCUT2D eigenvalue weighted by Gasteiger charge is -2.21. The Labute approximate surface area is 120 Å². The van der Waals surface area contributed by atoms with Gasteiger partial charge in [-0.1, -0.05) is 43.3 Å². The fraction of sp³-hybridized carbons (Fsp3) is 0.333. The smallest absolute Gasteiger partial charge is 0.123 e. The molecule has 0 aliphatic rings. The van der Waals surface area contributed by atoms with Gasteiger partial charge in [0.25, 0.3) is 0 Å². The monoisotopic (exact) mass is 271 g/mol. The van der Waals surface area contributed by atoms with Crippen molar-refractivity contribution < 1.29 is 4.39 Å². The van der Waals surface area contributed by atoms with Crippen LogP contribution < -0.4 is 5.32 Å². The summed E-state index contributed by atoms with van der Waals surface area (Å²) in [6.07, 6.45) is 1.06. The van der Waals surface area contributed by atoms with E-state index >= 15 is 0 Å². The predicted octanol–water partition coefficient (Wildman–Crippen LogP) is 4.80. The third kappa shape index (κ3) is 3.67. The molecule has 0 aromatic heterocycles. The van der Waals surface area contributed by atoms with E-state index in [1.807, 2.05) is 12.1 Å². The largest absolute Gasteiger partial charge is 0.304 e. The zero-order valence-corrected chi connectivity index (χ0v) is 12.4. The van der Waals surface area contributed by atoms with Crippen molar-refractivity contribution in [2.24, 2.45) is 0 Å². The van der Waals surface area contributed by atoms with Crippen molar-refractivity contribution in [3.8, 4) is 0 Å². The van der Waals surface area contributed by atoms with Gasteiger partial charge in [-0.05, 0) is 49.1 Å². The lowest BCUT2D eigenvalue weighted by molar-refractivity contribution is 0.494. The van der Waals surface area contributed by atoms with Gasteiger partial charge in [0, 0.05) is 12.1 Å². The Kier molecular flexibility index (Phi) is 4.91. The summed E-state index contributed by atoms with van der Waals surface area (Å²) in [7, 11) is 0. The summed E-state index contributed by atoms with van der Waals surface area (Å²) in [5.41, 5.74) is 3.73. The molecule has 0 saturated carbocycles. The molecule has 0 amide bonds. The van der Waals surface area contributed by atoms with Crippen LogP contribution in [0.1, 0.15) is 49.5 Å². The predicted molar refractivity (Wildman–Crippen MR) is 82.2 cm³/mol. The summed E-state index contributed by atoms with van der Waals surface area (Å²) < 4.78 is 12.9. The average Bonchev–Trinajstić information content (AvgIpc) is 2.48. The van der Waals surface area contributed by atoms with Crippen LogP contribution in [0, 0.1) is 5.82 Å². The Hall–Kier alpha value is -1.67. The molecule has 0 fully saturated rings. The first-order chi connectivity index (χ1) is 9.60. The summed E-state index contributed by atoms with van der Waals surface area (Å²) in [6, 6.07) is 15.8. The van der Waals surface area contributed by atoms with Crippen LogP contribution in [0.25, 0.3) is 0 Å². The van der Waals surface area contributed by atoms with Gasteiger partial charge in [0.1, 0.15) is 5.82 Å². The summed E-state index contributed by atoms with van der Waals surface area (Å²) in [6.45, 7) is 6.42. The van der Waals surface area contributed by atoms with Gasteiger partial charge in [-0.25, -0.2) is 4.39 Å². The molecule has 0 heterocycles. The molecular weight excluding hydrogens is 249 g/mol. The number of hydrogen-bond donors (Lipinski definition) is 1. The summed E-state index contributed by atoms with van der Waals surface area (Å²) in [4.78, 5) is 0. The van der Waals surface area contributed by atoms with Crippen LogP contribution in [0.3, 0.4) is 0 Å². The van der Waals surface area contributed by atoms with E-state index in [0.29, 0.717) is 0 Å². The lowest BCUT2D eigenvalue weighted by atomic mass is 10.0. The van der Waals surface area contributed by atoms with Crippen LogP contribution in [-0.2, 0) is 6.42 Å². The highest BCUT2D eigenvalue weighted by Crippen LogP contribution is 2.20. The maximum Gasteiger partial charge on any atom is 0.123 e. The first-order valence-corrected chi connectivity index (χ1v) is 7.20. The Morgan fingerprint density at radius 1 is 0.850 bits per heavy atom. The Bertz CT molecular complexity index is 530. The minimum Gasteiger partial charge on any atom is -0.304 e. The Balaban J connectivity index is 2.02. The van der Waals surface area contributed by atoms with Gasteiger partial charge in [-0.3, -0.25) is 0 Å². The minimum atomic E-state index is -0.191. The molecule has 2 aromatic carbocycles. The van der Waals surface area contributed by atoms with Gasteiger partial charge in [-0.2, -0.15) is 0 Å². The molecule has 0 saturated heterocycles. The molecule has 2 atom stereocenters. The van der Waals surface area contributed by atoms with Crippen LogP contribution >= 0.6 is 0 Å². The van der Waals surface area contributed by atoms with Crippen LogP contribution in [-0.4, -0.2) is 0 Å². The SMILES string of the molecule is CCc1ccc(C(C)N[C@H](C)c2ccc(F)cc2)cc1. The number of hydrogen-bond acceptors (Lipinski definition) is 1. The molecule has 2 aromatic rings. The standard InChI is InChI=1S/C18H22FN/c1-4-15-5-7-16(8-6-15)13(2)20-14(3)17-9-11-18(19)12-10-17/h5-14,20H,4H2,1-3H3/t13?,14-/m1/s1. The third-order valence-corrected chi connectivity index (χ3v) is 3.76. The molecular formula is C18H22FN. The van der Waals surface area contributed by atoms with Gasteiger partial charge >= 0.3 is 0 Å². The van der Waals surface area contributed by atoms with E-state index < -0.39 is 0 Å². The van der Waals surface area contributed by atoms with Gasteiger partial charge in [0.15, 0.2) is 0 Å². The van der Waals surface area contributed by atoms with E-state index in [-0.39, 0.29) is 17.9 Å². The van der Waals surface area contributed by atoms with Crippen LogP contribution in [0.2, 0.25) is 0 Å². The zero-order chi connectivity index (χ0) is 14.5. The van der Waals surface area contributed by atoms with E-state index in [0.717, 1.165) is 12.0 Å². The molecule has 1 N–H and O–H groups in total. The summed E-state index contributed by atoms with van der Waals surface area (Å²) in [5.74, 6) is -0.191. The van der Waals surface area contributed by atoms with Crippen molar-refractivity contribution in [1.29, 1.82) is 0 Å². The molecule has 2 rings (SSSR count). The van der Waals surface area contributed by atoms with Crippen molar-refractivity contribution in [3.05, 3.63) is 71.0 Å². The van der Waals surface area contributed by atoms with Crippen molar-refractivity contribution in [2.75, 3.05) is 0 Å². The second kappa shape index (κ2) is 6.67. The van der Waals surface area contributed by atoms with E-state index in [9.17, 15) is 4.39 Å². The quantitative estimate of drug-likeness (QED) is 0.823. The maximum atomic E-state index is 12.9. The lowest BCUT2D eigenvalue weighted by Crippen LogP contribution is -2.22. The summed E-state index contributed by atoms with van der Waals surface area (Å²) in [5, 5.41) is 3.55. The molecule has 1 nitrogen and oxygen atoms in total. The highest BCUT2D eigenvalue weighted by molar-refractivity contribution is 5.25. The van der Waals surface area contributed by atoms with Crippen molar-refractivity contribution in [2.45, 2.75) is 39.3 Å². The zero-order valence-electron chi connectivity index (χ0n) is 12.4. The van der Waals surface area contributed by atoms with Crippen LogP contribution in [0.4, 0.5) is 4.39 Å². The molecule has 0 bridgehead atoms. The molecule has 106 valence electrons. The molecule has 2 heteroatoms. The topological polar surface area (TPSA) is 12.0 Å². The molecule has 0 aliphatic carbocycles. The first-order valence-electron chi connectivity index (χ1n) is 7.20. The number of benzene rings is 2. The second-order valence-corrected chi connectivity index (χ2v) is 5.26. The molecule has 0 spiro atoms. The molecule has 1 unspecified atom stereocenters. The van der Waals surface area contributed by atoms with E-state index in [1.54, 1.807) is 0 Å². The Morgan fingerprint density at radius 3 is 1.75 bits per heavy atom. The van der Waals surface area contributed by atoms with E-state index in [2.05, 4.69) is 50.4 Å². The fourth-order valence-electron chi connectivity index (χ4n) is 2.36. The molecule has 0 radical (unpaired) electrons. The van der Waals surface area contributed by atoms with Gasteiger partial charge in [-0.15, -0.1) is 0 Å². The normalized spacial score (nSPS) is 14.0. The molecule has 20 heavy (non-hydrogen) atoms. The van der Waals surface area contributed by atoms with Crippen molar-refractivity contribution in [3.63, 3.8) is 0 Å². The second-order valence-electron chi connectivity index (χ2n) is 5.26. The van der Waals surface area contributed by atoms with Gasteiger partial charge in [0.2, 0.25) is 0 Å². The van der Waals surface area contributed by atoms with Gasteiger partial charge < -0.3 is 5.32 Å². The molecule has 0 aliphatic heterocycles. The summed E-state index contributed by atoms with van der Waals surface area (Å²) >= 11 is 0. The Morgan fingerprint density at radius 2 is 1.30 bits per heavy atom. The number of halogens is 1. The number of aryl methyl sites for hydroxylation is 1. The van der Waals surface area contributed by atoms with E-state index in [4.69, 9.17) is 0 Å². The van der Waals surface area contributed by atoms with Crippen LogP contribution in [0.15, 0.2) is 48.5 Å². The third-order valence-electron chi connectivity index (χ3n) is 3.76. The average molecular weight is 271 g/mol. The van der Waals surface area contributed by atoms with Gasteiger partial charge in [0.05, 0.1) is 0 Å². The number of rotatable bonds is 5. The first kappa shape index (κ1) is 14.7. The highest BCUT2D eigenvalue weighted by Gasteiger charge is 2.11. The van der Waals surface area contributed by atoms with E-state index in [1.165, 1.54) is 23.3 Å². The minimum absolute atomic E-state index is 0.191. The maximum absolute atomic E-state index is 12.9. The van der Waals surface area contributed by atoms with Crippen molar-refractivity contribution >= 4 is 0 Å². The fourth-order valence-corrected chi connectivity index (χ4v) is 2.36.